The van der Waals surface area contributed by atoms with E-state index in [0.29, 0.717) is 18.0 Å². The summed E-state index contributed by atoms with van der Waals surface area (Å²) in [6, 6.07) is 6.17. The van der Waals surface area contributed by atoms with E-state index in [1.807, 2.05) is 0 Å². The van der Waals surface area contributed by atoms with Crippen LogP contribution in [0.3, 0.4) is 0 Å². The summed E-state index contributed by atoms with van der Waals surface area (Å²) >= 11 is 0. The summed E-state index contributed by atoms with van der Waals surface area (Å²) in [5.74, 6) is 0.286. The second-order valence-electron chi connectivity index (χ2n) is 7.38. The van der Waals surface area contributed by atoms with Gasteiger partial charge < -0.3 is 10.1 Å². The molecule has 2 aliphatic rings. The van der Waals surface area contributed by atoms with Crippen molar-refractivity contribution in [3.63, 3.8) is 0 Å². The van der Waals surface area contributed by atoms with E-state index in [0.717, 1.165) is 31.4 Å². The third-order valence-electron chi connectivity index (χ3n) is 5.61. The Kier molecular flexibility index (Phi) is 5.38. The summed E-state index contributed by atoms with van der Waals surface area (Å²) in [6.45, 7) is 3.39. The molecule has 0 saturated heterocycles. The summed E-state index contributed by atoms with van der Waals surface area (Å²) in [4.78, 5) is 19.0. The molecule has 1 amide bonds. The van der Waals surface area contributed by atoms with Gasteiger partial charge >= 0.3 is 0 Å². The van der Waals surface area contributed by atoms with Crippen molar-refractivity contribution < 1.29 is 9.53 Å². The van der Waals surface area contributed by atoms with Gasteiger partial charge in [-0.15, -0.1) is 0 Å². The number of hydrogen-bond donors (Lipinski definition) is 1. The minimum atomic E-state index is -0.148. The summed E-state index contributed by atoms with van der Waals surface area (Å²) in [5.41, 5.74) is 2.70. The van der Waals surface area contributed by atoms with Gasteiger partial charge in [0.2, 0.25) is 5.88 Å². The quantitative estimate of drug-likeness (QED) is 0.876. The highest BCUT2D eigenvalue weighted by Crippen LogP contribution is 2.26. The van der Waals surface area contributed by atoms with Gasteiger partial charge in [0, 0.05) is 37.0 Å². The fraction of sp³-hybridized carbons (Fsp3) is 0.550. The van der Waals surface area contributed by atoms with Gasteiger partial charge in [0.15, 0.2) is 0 Å². The van der Waals surface area contributed by atoms with Gasteiger partial charge in [0.1, 0.15) is 0 Å². The standard InChI is InChI=1S/C20H27N5O2/c1-27-19-11-15(7-8-21-19)20(26)22-13-16-12-18-14-24(9-10-25(18)23-16)17-5-3-2-4-6-17/h7-8,11-12,17H,2-6,9-10,13-14H2,1H3,(H,22,26). The number of amides is 1. The fourth-order valence-corrected chi connectivity index (χ4v) is 4.13. The normalized spacial score (nSPS) is 18.1. The molecule has 1 N–H and O–H groups in total. The Morgan fingerprint density at radius 1 is 1.26 bits per heavy atom. The van der Waals surface area contributed by atoms with Crippen LogP contribution in [0.1, 0.15) is 53.8 Å². The Morgan fingerprint density at radius 2 is 2.11 bits per heavy atom. The molecule has 1 fully saturated rings. The molecule has 7 heteroatoms. The Hall–Kier alpha value is -2.41. The SMILES string of the molecule is COc1cc(C(=O)NCc2cc3n(n2)CCN(C2CCCCC2)C3)ccn1. The molecule has 0 unspecified atom stereocenters. The number of aromatic nitrogens is 3. The van der Waals surface area contributed by atoms with E-state index in [9.17, 15) is 4.79 Å². The molecule has 1 aliphatic heterocycles. The minimum Gasteiger partial charge on any atom is -0.481 e. The smallest absolute Gasteiger partial charge is 0.251 e. The van der Waals surface area contributed by atoms with E-state index < -0.39 is 0 Å². The molecule has 0 atom stereocenters. The second-order valence-corrected chi connectivity index (χ2v) is 7.38. The van der Waals surface area contributed by atoms with Crippen LogP contribution in [0.15, 0.2) is 24.4 Å². The molecule has 4 rings (SSSR count). The number of nitrogens with zero attached hydrogens (tertiary/aromatic N) is 4. The fourth-order valence-electron chi connectivity index (χ4n) is 4.13. The van der Waals surface area contributed by atoms with Crippen molar-refractivity contribution in [3.8, 4) is 5.88 Å². The van der Waals surface area contributed by atoms with E-state index >= 15 is 0 Å². The van der Waals surface area contributed by atoms with Crippen LogP contribution >= 0.6 is 0 Å². The van der Waals surface area contributed by atoms with Gasteiger partial charge in [-0.2, -0.15) is 5.10 Å². The zero-order chi connectivity index (χ0) is 18.6. The Bertz CT molecular complexity index is 797. The molecule has 27 heavy (non-hydrogen) atoms. The van der Waals surface area contributed by atoms with Crippen LogP contribution in [0.25, 0.3) is 0 Å². The van der Waals surface area contributed by atoms with Crippen molar-refractivity contribution in [2.45, 2.75) is 57.8 Å². The van der Waals surface area contributed by atoms with E-state index in [-0.39, 0.29) is 5.91 Å². The number of ether oxygens (including phenoxy) is 1. The maximum absolute atomic E-state index is 12.4. The summed E-state index contributed by atoms with van der Waals surface area (Å²) in [6.07, 6.45) is 8.33. The number of pyridine rings is 1. The second kappa shape index (κ2) is 8.08. The molecule has 0 aromatic carbocycles. The van der Waals surface area contributed by atoms with Crippen LogP contribution in [-0.2, 0) is 19.6 Å². The molecule has 1 aliphatic carbocycles. The first kappa shape index (κ1) is 18.0. The lowest BCUT2D eigenvalue weighted by molar-refractivity contribution is 0.0949. The molecule has 0 radical (unpaired) electrons. The van der Waals surface area contributed by atoms with Gasteiger partial charge in [-0.1, -0.05) is 19.3 Å². The molecule has 1 saturated carbocycles. The zero-order valence-corrected chi connectivity index (χ0v) is 15.9. The van der Waals surface area contributed by atoms with Crippen molar-refractivity contribution in [1.82, 2.24) is 25.0 Å². The van der Waals surface area contributed by atoms with Crippen molar-refractivity contribution in [2.75, 3.05) is 13.7 Å². The lowest BCUT2D eigenvalue weighted by Crippen LogP contribution is -2.42. The van der Waals surface area contributed by atoms with E-state index in [4.69, 9.17) is 4.74 Å². The van der Waals surface area contributed by atoms with Gasteiger partial charge in [0.05, 0.1) is 31.6 Å². The number of carbonyl (C=O) groups is 1. The molecule has 0 spiro atoms. The van der Waals surface area contributed by atoms with E-state index in [1.54, 1.807) is 18.3 Å². The van der Waals surface area contributed by atoms with Crippen LogP contribution in [0.4, 0.5) is 0 Å². The predicted molar refractivity (Wildman–Crippen MR) is 101 cm³/mol. The number of rotatable bonds is 5. The number of nitrogens with one attached hydrogen (secondary N) is 1. The third kappa shape index (κ3) is 4.13. The van der Waals surface area contributed by atoms with Crippen molar-refractivity contribution in [2.24, 2.45) is 0 Å². The molecule has 0 bridgehead atoms. The number of fused-ring (bicyclic) bond motifs is 1. The predicted octanol–water partition coefficient (Wildman–Crippen LogP) is 2.37. The average Bonchev–Trinajstić information content (AvgIpc) is 3.14. The Balaban J connectivity index is 1.36. The monoisotopic (exact) mass is 369 g/mol. The molecule has 7 nitrogen and oxygen atoms in total. The molecule has 2 aromatic rings. The van der Waals surface area contributed by atoms with Gasteiger partial charge in [0.25, 0.3) is 5.91 Å². The first-order chi connectivity index (χ1) is 13.2. The molecule has 2 aromatic heterocycles. The van der Waals surface area contributed by atoms with Crippen molar-refractivity contribution >= 4 is 5.91 Å². The van der Waals surface area contributed by atoms with Crippen LogP contribution in [-0.4, -0.2) is 45.3 Å². The third-order valence-corrected chi connectivity index (χ3v) is 5.61. The molecular formula is C20H27N5O2. The van der Waals surface area contributed by atoms with Crippen LogP contribution < -0.4 is 10.1 Å². The maximum Gasteiger partial charge on any atom is 0.251 e. The first-order valence-electron chi connectivity index (χ1n) is 9.81. The van der Waals surface area contributed by atoms with Crippen LogP contribution in [0.2, 0.25) is 0 Å². The average molecular weight is 369 g/mol. The lowest BCUT2D eigenvalue weighted by atomic mass is 9.94. The van der Waals surface area contributed by atoms with Gasteiger partial charge in [-0.25, -0.2) is 4.98 Å². The van der Waals surface area contributed by atoms with E-state index in [1.165, 1.54) is 44.9 Å². The van der Waals surface area contributed by atoms with Gasteiger partial charge in [-0.3, -0.25) is 14.4 Å². The Morgan fingerprint density at radius 3 is 2.93 bits per heavy atom. The van der Waals surface area contributed by atoms with Crippen LogP contribution in [0, 0.1) is 0 Å². The summed E-state index contributed by atoms with van der Waals surface area (Å²) in [7, 11) is 1.54. The minimum absolute atomic E-state index is 0.148. The largest absolute Gasteiger partial charge is 0.481 e. The van der Waals surface area contributed by atoms with Crippen molar-refractivity contribution in [1.29, 1.82) is 0 Å². The highest BCUT2D eigenvalue weighted by molar-refractivity contribution is 5.94. The number of hydrogen-bond acceptors (Lipinski definition) is 5. The number of carbonyl (C=O) groups excluding carboxylic acids is 1. The lowest BCUT2D eigenvalue weighted by Gasteiger charge is -2.36. The van der Waals surface area contributed by atoms with Gasteiger partial charge in [-0.05, 0) is 25.0 Å². The molecule has 144 valence electrons. The van der Waals surface area contributed by atoms with Crippen LogP contribution in [0.5, 0.6) is 5.88 Å². The van der Waals surface area contributed by atoms with Crippen molar-refractivity contribution in [3.05, 3.63) is 41.3 Å². The Labute approximate surface area is 159 Å². The highest BCUT2D eigenvalue weighted by Gasteiger charge is 2.26. The maximum atomic E-state index is 12.4. The molecule has 3 heterocycles. The summed E-state index contributed by atoms with van der Waals surface area (Å²) in [5, 5.41) is 7.61. The molecular weight excluding hydrogens is 342 g/mol. The highest BCUT2D eigenvalue weighted by atomic mass is 16.5. The first-order valence-corrected chi connectivity index (χ1v) is 9.81. The topological polar surface area (TPSA) is 72.3 Å². The zero-order valence-electron chi connectivity index (χ0n) is 15.9. The number of methoxy groups -OCH3 is 1. The van der Waals surface area contributed by atoms with E-state index in [2.05, 4.69) is 31.0 Å². The summed E-state index contributed by atoms with van der Waals surface area (Å²) < 4.78 is 7.16.